The van der Waals surface area contributed by atoms with Crippen LogP contribution in [0.15, 0.2) is 22.7 Å². The zero-order chi connectivity index (χ0) is 13.2. The number of ether oxygens (including phenoxy) is 1. The number of halogens is 1. The molecule has 0 spiro atoms. The molecule has 2 fully saturated rings. The molecule has 0 amide bonds. The van der Waals surface area contributed by atoms with E-state index >= 15 is 0 Å². The molecule has 2 saturated heterocycles. The molecule has 0 aliphatic carbocycles. The van der Waals surface area contributed by atoms with Gasteiger partial charge >= 0.3 is 0 Å². The fourth-order valence-corrected chi connectivity index (χ4v) is 3.54. The Morgan fingerprint density at radius 1 is 1.16 bits per heavy atom. The van der Waals surface area contributed by atoms with Gasteiger partial charge < -0.3 is 4.74 Å². The van der Waals surface area contributed by atoms with Crippen LogP contribution in [0.25, 0.3) is 0 Å². The van der Waals surface area contributed by atoms with Gasteiger partial charge in [-0.3, -0.25) is 9.80 Å². The average molecular weight is 325 g/mol. The number of benzene rings is 1. The first kappa shape index (κ1) is 13.6. The summed E-state index contributed by atoms with van der Waals surface area (Å²) in [4.78, 5) is 5.13. The van der Waals surface area contributed by atoms with Gasteiger partial charge in [-0.25, -0.2) is 0 Å². The van der Waals surface area contributed by atoms with Crippen molar-refractivity contribution in [3.05, 3.63) is 33.8 Å². The van der Waals surface area contributed by atoms with Gasteiger partial charge in [0.25, 0.3) is 0 Å². The van der Waals surface area contributed by atoms with Gasteiger partial charge in [-0.15, -0.1) is 0 Å². The molecule has 0 atom stereocenters. The van der Waals surface area contributed by atoms with Gasteiger partial charge in [0, 0.05) is 37.2 Å². The normalized spacial score (nSPS) is 22.4. The lowest BCUT2D eigenvalue weighted by Gasteiger charge is -2.42. The fraction of sp³-hybridized carbons (Fsp3) is 0.600. The van der Waals surface area contributed by atoms with Crippen LogP contribution in [0.5, 0.6) is 0 Å². The van der Waals surface area contributed by atoms with Crippen LogP contribution in [0.4, 0.5) is 0 Å². The number of hydrogen-bond donors (Lipinski definition) is 0. The van der Waals surface area contributed by atoms with Gasteiger partial charge in [0.05, 0.1) is 19.3 Å². The zero-order valence-electron chi connectivity index (χ0n) is 11.4. The molecule has 2 heterocycles. The van der Waals surface area contributed by atoms with Crippen LogP contribution < -0.4 is 0 Å². The molecule has 1 aromatic rings. The molecule has 2 aliphatic heterocycles. The standard InChI is InChI=1S/C15H21BrN2O/c1-12-6-13(8-14(16)7-12)9-17-2-4-18(5-3-17)15-10-19-11-15/h6-8,15H,2-5,9-11H2,1H3. The maximum atomic E-state index is 5.28. The van der Waals surface area contributed by atoms with E-state index in [1.54, 1.807) is 0 Å². The smallest absolute Gasteiger partial charge is 0.0645 e. The summed E-state index contributed by atoms with van der Waals surface area (Å²) in [7, 11) is 0. The molecule has 0 aromatic heterocycles. The highest BCUT2D eigenvalue weighted by molar-refractivity contribution is 9.10. The summed E-state index contributed by atoms with van der Waals surface area (Å²) < 4.78 is 6.46. The SMILES string of the molecule is Cc1cc(Br)cc(CN2CCN(C3COC3)CC2)c1. The predicted molar refractivity (Wildman–Crippen MR) is 80.3 cm³/mol. The van der Waals surface area contributed by atoms with Crippen molar-refractivity contribution in [1.29, 1.82) is 0 Å². The van der Waals surface area contributed by atoms with Crippen molar-refractivity contribution in [2.45, 2.75) is 19.5 Å². The van der Waals surface area contributed by atoms with E-state index in [0.717, 1.165) is 19.8 Å². The predicted octanol–water partition coefficient (Wildman–Crippen LogP) is 2.27. The molecule has 19 heavy (non-hydrogen) atoms. The Balaban J connectivity index is 1.53. The van der Waals surface area contributed by atoms with Crippen LogP contribution in [0.3, 0.4) is 0 Å². The van der Waals surface area contributed by atoms with Crippen molar-refractivity contribution in [1.82, 2.24) is 9.80 Å². The molecule has 3 rings (SSSR count). The lowest BCUT2D eigenvalue weighted by Crippen LogP contribution is -2.56. The number of aryl methyl sites for hydroxylation is 1. The third kappa shape index (κ3) is 3.37. The zero-order valence-corrected chi connectivity index (χ0v) is 13.0. The second-order valence-electron chi connectivity index (χ2n) is 5.64. The Labute approximate surface area is 123 Å². The van der Waals surface area contributed by atoms with E-state index in [2.05, 4.69) is 50.9 Å². The third-order valence-corrected chi connectivity index (χ3v) is 4.51. The Morgan fingerprint density at radius 3 is 2.47 bits per heavy atom. The Bertz CT molecular complexity index is 420. The van der Waals surface area contributed by atoms with Gasteiger partial charge in [-0.05, 0) is 30.2 Å². The molecule has 0 bridgehead atoms. The molecule has 2 aliphatic rings. The molecule has 104 valence electrons. The van der Waals surface area contributed by atoms with E-state index in [-0.39, 0.29) is 0 Å². The monoisotopic (exact) mass is 324 g/mol. The quantitative estimate of drug-likeness (QED) is 0.848. The Morgan fingerprint density at radius 2 is 1.89 bits per heavy atom. The van der Waals surface area contributed by atoms with Crippen LogP contribution in [-0.4, -0.2) is 55.2 Å². The summed E-state index contributed by atoms with van der Waals surface area (Å²) in [5.74, 6) is 0. The van der Waals surface area contributed by atoms with E-state index in [4.69, 9.17) is 4.74 Å². The van der Waals surface area contributed by atoms with Crippen molar-refractivity contribution in [2.75, 3.05) is 39.4 Å². The fourth-order valence-electron chi connectivity index (χ4n) is 2.88. The van der Waals surface area contributed by atoms with Crippen molar-refractivity contribution in [3.63, 3.8) is 0 Å². The molecule has 1 aromatic carbocycles. The summed E-state index contributed by atoms with van der Waals surface area (Å²) in [6, 6.07) is 7.38. The van der Waals surface area contributed by atoms with Gasteiger partial charge in [0.2, 0.25) is 0 Å². The lowest BCUT2D eigenvalue weighted by atomic mass is 10.1. The van der Waals surface area contributed by atoms with Gasteiger partial charge in [-0.2, -0.15) is 0 Å². The van der Waals surface area contributed by atoms with E-state index in [1.807, 2.05) is 0 Å². The summed E-state index contributed by atoms with van der Waals surface area (Å²) >= 11 is 3.58. The summed E-state index contributed by atoms with van der Waals surface area (Å²) in [6.07, 6.45) is 0. The second kappa shape index (κ2) is 5.92. The van der Waals surface area contributed by atoms with E-state index in [9.17, 15) is 0 Å². The molecule has 3 nitrogen and oxygen atoms in total. The van der Waals surface area contributed by atoms with E-state index in [1.165, 1.54) is 41.8 Å². The molecule has 4 heteroatoms. The van der Waals surface area contributed by atoms with Crippen molar-refractivity contribution in [2.24, 2.45) is 0 Å². The van der Waals surface area contributed by atoms with Crippen molar-refractivity contribution < 1.29 is 4.74 Å². The first-order valence-corrected chi connectivity index (χ1v) is 7.80. The van der Waals surface area contributed by atoms with Gasteiger partial charge in [0.15, 0.2) is 0 Å². The minimum Gasteiger partial charge on any atom is -0.378 e. The van der Waals surface area contributed by atoms with E-state index < -0.39 is 0 Å². The second-order valence-corrected chi connectivity index (χ2v) is 6.56. The van der Waals surface area contributed by atoms with Crippen molar-refractivity contribution >= 4 is 15.9 Å². The topological polar surface area (TPSA) is 15.7 Å². The highest BCUT2D eigenvalue weighted by Gasteiger charge is 2.28. The largest absolute Gasteiger partial charge is 0.378 e. The van der Waals surface area contributed by atoms with Crippen LogP contribution in [0, 0.1) is 6.92 Å². The van der Waals surface area contributed by atoms with Crippen LogP contribution in [0.2, 0.25) is 0 Å². The highest BCUT2D eigenvalue weighted by Crippen LogP contribution is 2.18. The Kier molecular flexibility index (Phi) is 4.22. The van der Waals surface area contributed by atoms with Gasteiger partial charge in [-0.1, -0.05) is 22.0 Å². The van der Waals surface area contributed by atoms with Crippen LogP contribution in [-0.2, 0) is 11.3 Å². The first-order valence-electron chi connectivity index (χ1n) is 7.01. The van der Waals surface area contributed by atoms with Gasteiger partial charge in [0.1, 0.15) is 0 Å². The molecule has 0 N–H and O–H groups in total. The molecule has 0 radical (unpaired) electrons. The highest BCUT2D eigenvalue weighted by atomic mass is 79.9. The number of hydrogen-bond acceptors (Lipinski definition) is 3. The average Bonchev–Trinajstić information content (AvgIpc) is 2.28. The molecular weight excluding hydrogens is 304 g/mol. The third-order valence-electron chi connectivity index (χ3n) is 4.05. The maximum absolute atomic E-state index is 5.28. The van der Waals surface area contributed by atoms with E-state index in [0.29, 0.717) is 6.04 Å². The van der Waals surface area contributed by atoms with Crippen LogP contribution >= 0.6 is 15.9 Å². The Hall–Kier alpha value is -0.420. The number of nitrogens with zero attached hydrogens (tertiary/aromatic N) is 2. The molecule has 0 saturated carbocycles. The molecular formula is C15H21BrN2O. The lowest BCUT2D eigenvalue weighted by molar-refractivity contribution is -0.0774. The van der Waals surface area contributed by atoms with Crippen LogP contribution in [0.1, 0.15) is 11.1 Å². The number of rotatable bonds is 3. The first-order chi connectivity index (χ1) is 9.20. The van der Waals surface area contributed by atoms with Crippen molar-refractivity contribution in [3.8, 4) is 0 Å². The maximum Gasteiger partial charge on any atom is 0.0645 e. The minimum absolute atomic E-state index is 0.690. The number of piperazine rings is 1. The minimum atomic E-state index is 0.690. The summed E-state index contributed by atoms with van der Waals surface area (Å²) in [6.45, 7) is 9.79. The summed E-state index contributed by atoms with van der Waals surface area (Å²) in [5, 5.41) is 0. The molecule has 0 unspecified atom stereocenters. The summed E-state index contributed by atoms with van der Waals surface area (Å²) in [5.41, 5.74) is 2.74.